The highest BCUT2D eigenvalue weighted by Crippen LogP contribution is 1.98. The summed E-state index contributed by atoms with van der Waals surface area (Å²) in [6.45, 7) is 0.111. The molecule has 1 heterocycles. The number of amides is 2. The van der Waals surface area contributed by atoms with Crippen LogP contribution in [0.4, 0.5) is 4.79 Å². The van der Waals surface area contributed by atoms with Crippen LogP contribution in [0, 0.1) is 0 Å². The number of carbonyl (C=O) groups excluding carboxylic acids is 1. The first-order chi connectivity index (χ1) is 9.49. The summed E-state index contributed by atoms with van der Waals surface area (Å²) >= 11 is 0. The third-order valence-electron chi connectivity index (χ3n) is 2.32. The molecule has 0 spiro atoms. The molecule has 0 saturated carbocycles. The van der Waals surface area contributed by atoms with Crippen LogP contribution >= 0.6 is 0 Å². The zero-order valence-electron chi connectivity index (χ0n) is 10.4. The smallest absolute Gasteiger partial charge is 0.326 e. The number of carboxylic acid groups (broad SMARTS) is 2. The van der Waals surface area contributed by atoms with Crippen LogP contribution in [0.2, 0.25) is 0 Å². The molecule has 4 N–H and O–H groups in total. The summed E-state index contributed by atoms with van der Waals surface area (Å²) in [4.78, 5) is 40.3. The van der Waals surface area contributed by atoms with E-state index < -0.39 is 24.0 Å². The van der Waals surface area contributed by atoms with Crippen molar-refractivity contribution < 1.29 is 24.6 Å². The van der Waals surface area contributed by atoms with Gasteiger partial charge in [0.2, 0.25) is 0 Å². The molecule has 9 heteroatoms. The molecule has 0 aromatic carbocycles. The lowest BCUT2D eigenvalue weighted by Gasteiger charge is -2.14. The van der Waals surface area contributed by atoms with E-state index in [-0.39, 0.29) is 19.4 Å². The van der Waals surface area contributed by atoms with Crippen molar-refractivity contribution in [3.63, 3.8) is 0 Å². The number of rotatable bonds is 7. The highest BCUT2D eigenvalue weighted by atomic mass is 16.4. The molecule has 1 aromatic heterocycles. The van der Waals surface area contributed by atoms with Crippen LogP contribution < -0.4 is 10.6 Å². The molecule has 0 unspecified atom stereocenters. The quantitative estimate of drug-likeness (QED) is 0.532. The summed E-state index contributed by atoms with van der Waals surface area (Å²) in [7, 11) is 0. The molecule has 0 aliphatic carbocycles. The summed E-state index contributed by atoms with van der Waals surface area (Å²) in [6, 6.07) is -0.364. The number of carboxylic acids is 2. The minimum absolute atomic E-state index is 0.111. The normalized spacial score (nSPS) is 11.4. The van der Waals surface area contributed by atoms with E-state index in [1.807, 2.05) is 0 Å². The molecule has 2 amide bonds. The molecule has 108 valence electrons. The minimum atomic E-state index is -1.29. The van der Waals surface area contributed by atoms with Crippen LogP contribution in [-0.2, 0) is 16.1 Å². The minimum Gasteiger partial charge on any atom is -0.481 e. The van der Waals surface area contributed by atoms with Gasteiger partial charge in [-0.15, -0.1) is 0 Å². The molecule has 0 bridgehead atoms. The number of aliphatic carboxylic acids is 2. The molecule has 0 saturated heterocycles. The van der Waals surface area contributed by atoms with Gasteiger partial charge in [-0.3, -0.25) is 4.79 Å². The van der Waals surface area contributed by atoms with Gasteiger partial charge in [-0.25, -0.2) is 19.6 Å². The van der Waals surface area contributed by atoms with Crippen molar-refractivity contribution in [1.29, 1.82) is 0 Å². The largest absolute Gasteiger partial charge is 0.481 e. The van der Waals surface area contributed by atoms with Gasteiger partial charge >= 0.3 is 18.0 Å². The third-order valence-corrected chi connectivity index (χ3v) is 2.32. The predicted molar refractivity (Wildman–Crippen MR) is 65.7 cm³/mol. The van der Waals surface area contributed by atoms with Crippen LogP contribution in [0.5, 0.6) is 0 Å². The van der Waals surface area contributed by atoms with E-state index in [0.29, 0.717) is 5.69 Å². The van der Waals surface area contributed by atoms with Crippen LogP contribution in [0.15, 0.2) is 18.6 Å². The molecule has 0 aliphatic rings. The van der Waals surface area contributed by atoms with E-state index in [1.54, 1.807) is 6.07 Å². The highest BCUT2D eigenvalue weighted by Gasteiger charge is 2.20. The second kappa shape index (κ2) is 7.67. The maximum absolute atomic E-state index is 11.5. The van der Waals surface area contributed by atoms with E-state index in [9.17, 15) is 14.4 Å². The zero-order valence-corrected chi connectivity index (χ0v) is 10.4. The molecule has 0 fully saturated rings. The topological polar surface area (TPSA) is 142 Å². The molecule has 0 aliphatic heterocycles. The molecule has 0 radical (unpaired) electrons. The molecule has 1 rings (SSSR count). The first-order valence-electron chi connectivity index (χ1n) is 5.73. The fourth-order valence-corrected chi connectivity index (χ4v) is 1.33. The van der Waals surface area contributed by atoms with Gasteiger partial charge in [-0.2, -0.15) is 0 Å². The fourth-order valence-electron chi connectivity index (χ4n) is 1.33. The Hall–Kier alpha value is -2.71. The Bertz CT molecular complexity index is 479. The Morgan fingerprint density at radius 1 is 1.30 bits per heavy atom. The number of aromatic nitrogens is 2. The maximum Gasteiger partial charge on any atom is 0.326 e. The lowest BCUT2D eigenvalue weighted by atomic mass is 10.1. The Labute approximate surface area is 114 Å². The third kappa shape index (κ3) is 5.76. The first kappa shape index (κ1) is 15.3. The Balaban J connectivity index is 2.41. The van der Waals surface area contributed by atoms with Crippen LogP contribution in [-0.4, -0.2) is 44.2 Å². The van der Waals surface area contributed by atoms with E-state index in [0.717, 1.165) is 0 Å². The molecular formula is C11H14N4O5. The second-order valence-electron chi connectivity index (χ2n) is 3.85. The number of nitrogens with one attached hydrogen (secondary N) is 2. The number of hydrogen-bond acceptors (Lipinski definition) is 5. The van der Waals surface area contributed by atoms with Gasteiger partial charge < -0.3 is 20.8 Å². The number of urea groups is 1. The zero-order chi connectivity index (χ0) is 15.0. The lowest BCUT2D eigenvalue weighted by molar-refractivity contribution is -0.140. The molecular weight excluding hydrogens is 268 g/mol. The predicted octanol–water partition coefficient (Wildman–Crippen LogP) is -0.406. The molecule has 9 nitrogen and oxygen atoms in total. The number of carbonyl (C=O) groups is 3. The summed E-state index contributed by atoms with van der Waals surface area (Å²) in [5.74, 6) is -2.41. The monoisotopic (exact) mass is 282 g/mol. The van der Waals surface area contributed by atoms with Gasteiger partial charge in [0.1, 0.15) is 12.4 Å². The standard InChI is InChI=1S/C11H14N4O5/c16-9(17)2-1-8(10(18)19)15-11(20)13-5-7-3-4-12-6-14-7/h3-4,6,8H,1-2,5H2,(H,16,17)(H,18,19)(H2,13,15,20)/t8-/m0/s1. The van der Waals surface area contributed by atoms with Crippen molar-refractivity contribution in [2.75, 3.05) is 0 Å². The fraction of sp³-hybridized carbons (Fsp3) is 0.364. The van der Waals surface area contributed by atoms with E-state index in [1.165, 1.54) is 12.5 Å². The second-order valence-corrected chi connectivity index (χ2v) is 3.85. The van der Waals surface area contributed by atoms with Gasteiger partial charge in [0.05, 0.1) is 12.2 Å². The average Bonchev–Trinajstić information content (AvgIpc) is 2.41. The average molecular weight is 282 g/mol. The van der Waals surface area contributed by atoms with E-state index in [2.05, 4.69) is 20.6 Å². The van der Waals surface area contributed by atoms with Gasteiger partial charge in [0.15, 0.2) is 0 Å². The maximum atomic E-state index is 11.5. The number of nitrogens with zero attached hydrogens (tertiary/aromatic N) is 2. The summed E-state index contributed by atoms with van der Waals surface area (Å²) in [5, 5.41) is 22.0. The molecule has 1 aromatic rings. The van der Waals surface area contributed by atoms with Gasteiger partial charge in [0.25, 0.3) is 0 Å². The van der Waals surface area contributed by atoms with E-state index >= 15 is 0 Å². The summed E-state index contributed by atoms with van der Waals surface area (Å²) in [5.41, 5.74) is 0.563. The van der Waals surface area contributed by atoms with Crippen LogP contribution in [0.3, 0.4) is 0 Å². The van der Waals surface area contributed by atoms with E-state index in [4.69, 9.17) is 10.2 Å². The van der Waals surface area contributed by atoms with Crippen molar-refractivity contribution in [3.05, 3.63) is 24.3 Å². The van der Waals surface area contributed by atoms with Gasteiger partial charge in [0, 0.05) is 12.6 Å². The molecule has 1 atom stereocenters. The van der Waals surface area contributed by atoms with Crippen LogP contribution in [0.25, 0.3) is 0 Å². The van der Waals surface area contributed by atoms with Crippen molar-refractivity contribution in [2.45, 2.75) is 25.4 Å². The molecule has 20 heavy (non-hydrogen) atoms. The van der Waals surface area contributed by atoms with Crippen molar-refractivity contribution in [1.82, 2.24) is 20.6 Å². The SMILES string of the molecule is O=C(O)CC[C@H](NC(=O)NCc1ccncn1)C(=O)O. The lowest BCUT2D eigenvalue weighted by Crippen LogP contribution is -2.46. The number of hydrogen-bond donors (Lipinski definition) is 4. The van der Waals surface area contributed by atoms with Gasteiger partial charge in [-0.05, 0) is 12.5 Å². The van der Waals surface area contributed by atoms with Crippen LogP contribution in [0.1, 0.15) is 18.5 Å². The van der Waals surface area contributed by atoms with Crippen molar-refractivity contribution in [3.8, 4) is 0 Å². The Morgan fingerprint density at radius 3 is 2.60 bits per heavy atom. The van der Waals surface area contributed by atoms with Crippen molar-refractivity contribution in [2.24, 2.45) is 0 Å². The Morgan fingerprint density at radius 2 is 2.05 bits per heavy atom. The summed E-state index contributed by atoms with van der Waals surface area (Å²) < 4.78 is 0. The highest BCUT2D eigenvalue weighted by molar-refractivity contribution is 5.82. The summed E-state index contributed by atoms with van der Waals surface area (Å²) in [6.07, 6.45) is 2.30. The Kier molecular flexibility index (Phi) is 5.88. The first-order valence-corrected chi connectivity index (χ1v) is 5.73. The van der Waals surface area contributed by atoms with Gasteiger partial charge in [-0.1, -0.05) is 0 Å². The van der Waals surface area contributed by atoms with Crippen molar-refractivity contribution >= 4 is 18.0 Å².